The summed E-state index contributed by atoms with van der Waals surface area (Å²) >= 11 is 0. The number of carbonyl (C=O) groups excluding carboxylic acids is 1. The Morgan fingerprint density at radius 3 is 2.91 bits per heavy atom. The first-order chi connectivity index (χ1) is 11.0. The third-order valence-corrected chi connectivity index (χ3v) is 3.55. The van der Waals surface area contributed by atoms with Crippen molar-refractivity contribution in [2.45, 2.75) is 19.4 Å². The Bertz CT molecular complexity index is 851. The maximum Gasteiger partial charge on any atom is 0.326 e. The van der Waals surface area contributed by atoms with Crippen LogP contribution in [-0.4, -0.2) is 33.0 Å². The maximum absolute atomic E-state index is 12.3. The minimum Gasteiger partial charge on any atom is -0.480 e. The van der Waals surface area contributed by atoms with E-state index in [4.69, 9.17) is 4.42 Å². The minimum atomic E-state index is -1.12. The minimum absolute atomic E-state index is 0.0881. The van der Waals surface area contributed by atoms with Crippen molar-refractivity contribution in [3.8, 4) is 0 Å². The summed E-state index contributed by atoms with van der Waals surface area (Å²) in [5, 5.41) is 12.5. The third kappa shape index (κ3) is 3.08. The molecular weight excluding hydrogens is 298 g/mol. The smallest absolute Gasteiger partial charge is 0.326 e. The first-order valence-corrected chi connectivity index (χ1v) is 7.04. The van der Waals surface area contributed by atoms with Crippen molar-refractivity contribution < 1.29 is 19.1 Å². The molecule has 0 unspecified atom stereocenters. The summed E-state index contributed by atoms with van der Waals surface area (Å²) in [6, 6.07) is 6.12. The average molecular weight is 313 g/mol. The van der Waals surface area contributed by atoms with Crippen LogP contribution in [0.4, 0.5) is 0 Å². The van der Waals surface area contributed by atoms with Gasteiger partial charge in [0.25, 0.3) is 5.91 Å². The van der Waals surface area contributed by atoms with Gasteiger partial charge in [0.05, 0.1) is 6.33 Å². The van der Waals surface area contributed by atoms with E-state index < -0.39 is 17.9 Å². The van der Waals surface area contributed by atoms with Crippen LogP contribution < -0.4 is 5.32 Å². The number of imidazole rings is 1. The van der Waals surface area contributed by atoms with Crippen molar-refractivity contribution in [2.75, 3.05) is 0 Å². The van der Waals surface area contributed by atoms with E-state index in [2.05, 4.69) is 15.3 Å². The number of aromatic nitrogens is 2. The topological polar surface area (TPSA) is 108 Å². The van der Waals surface area contributed by atoms with Crippen LogP contribution in [0.3, 0.4) is 0 Å². The number of hydrogen-bond donors (Lipinski definition) is 3. The number of para-hydroxylation sites is 1. The number of carboxylic acids is 1. The molecule has 3 aromatic rings. The first-order valence-electron chi connectivity index (χ1n) is 7.04. The molecule has 1 amide bonds. The molecule has 0 aliphatic heterocycles. The molecule has 7 nitrogen and oxygen atoms in total. The van der Waals surface area contributed by atoms with Gasteiger partial charge in [-0.05, 0) is 18.6 Å². The number of amides is 1. The maximum atomic E-state index is 12.3. The average Bonchev–Trinajstić information content (AvgIpc) is 3.15. The fourth-order valence-corrected chi connectivity index (χ4v) is 2.37. The number of nitrogens with one attached hydrogen (secondary N) is 2. The zero-order chi connectivity index (χ0) is 16.4. The number of carboxylic acid groups (broad SMARTS) is 1. The molecular formula is C16H15N3O4. The highest BCUT2D eigenvalue weighted by atomic mass is 16.4. The standard InChI is InChI=1S/C16H15N3O4/c1-9-3-2-4-10-5-13(23-14(9)10)15(20)19-12(16(21)22)6-11-7-17-8-18-11/h2-5,7-8,12H,6H2,1H3,(H,17,18)(H,19,20)(H,21,22)/t12-/m0/s1. The second-order valence-electron chi connectivity index (χ2n) is 5.25. The molecule has 0 saturated heterocycles. The number of aliphatic carboxylic acids is 1. The molecule has 23 heavy (non-hydrogen) atoms. The number of furan rings is 1. The van der Waals surface area contributed by atoms with Gasteiger partial charge in [0.1, 0.15) is 11.6 Å². The summed E-state index contributed by atoms with van der Waals surface area (Å²) < 4.78 is 5.55. The lowest BCUT2D eigenvalue weighted by molar-refractivity contribution is -0.139. The predicted octanol–water partition coefficient (Wildman–Crippen LogP) is 1.89. The zero-order valence-corrected chi connectivity index (χ0v) is 12.4. The molecule has 0 aliphatic rings. The zero-order valence-electron chi connectivity index (χ0n) is 12.4. The van der Waals surface area contributed by atoms with E-state index in [9.17, 15) is 14.7 Å². The molecule has 1 aromatic carbocycles. The molecule has 3 rings (SSSR count). The summed E-state index contributed by atoms with van der Waals surface area (Å²) in [7, 11) is 0. The van der Waals surface area contributed by atoms with Crippen LogP contribution in [0.1, 0.15) is 21.8 Å². The van der Waals surface area contributed by atoms with Crippen molar-refractivity contribution in [1.29, 1.82) is 0 Å². The number of hydrogen-bond acceptors (Lipinski definition) is 4. The van der Waals surface area contributed by atoms with Gasteiger partial charge in [-0.15, -0.1) is 0 Å². The number of rotatable bonds is 5. The lowest BCUT2D eigenvalue weighted by Gasteiger charge is -2.12. The molecule has 0 aliphatic carbocycles. The molecule has 0 fully saturated rings. The van der Waals surface area contributed by atoms with E-state index >= 15 is 0 Å². The van der Waals surface area contributed by atoms with E-state index in [1.807, 2.05) is 25.1 Å². The van der Waals surface area contributed by atoms with Gasteiger partial charge in [0.15, 0.2) is 5.76 Å². The summed E-state index contributed by atoms with van der Waals surface area (Å²) in [6.07, 6.45) is 3.09. The van der Waals surface area contributed by atoms with Crippen molar-refractivity contribution in [1.82, 2.24) is 15.3 Å². The van der Waals surface area contributed by atoms with Crippen LogP contribution in [-0.2, 0) is 11.2 Å². The molecule has 0 saturated carbocycles. The number of aryl methyl sites for hydroxylation is 1. The van der Waals surface area contributed by atoms with Crippen LogP contribution >= 0.6 is 0 Å². The van der Waals surface area contributed by atoms with Gasteiger partial charge in [-0.25, -0.2) is 9.78 Å². The molecule has 1 atom stereocenters. The molecule has 3 N–H and O–H groups in total. The van der Waals surface area contributed by atoms with E-state index in [-0.39, 0.29) is 12.2 Å². The van der Waals surface area contributed by atoms with Crippen LogP contribution in [0.2, 0.25) is 0 Å². The fourth-order valence-electron chi connectivity index (χ4n) is 2.37. The molecule has 2 aromatic heterocycles. The number of nitrogens with zero attached hydrogens (tertiary/aromatic N) is 1. The summed E-state index contributed by atoms with van der Waals surface area (Å²) in [6.45, 7) is 1.88. The van der Waals surface area contributed by atoms with Gasteiger partial charge >= 0.3 is 5.97 Å². The van der Waals surface area contributed by atoms with Gasteiger partial charge in [0.2, 0.25) is 0 Å². The van der Waals surface area contributed by atoms with Gasteiger partial charge in [0, 0.05) is 23.7 Å². The Morgan fingerprint density at radius 2 is 2.26 bits per heavy atom. The van der Waals surface area contributed by atoms with Crippen LogP contribution in [0.5, 0.6) is 0 Å². The molecule has 0 bridgehead atoms. The van der Waals surface area contributed by atoms with Gasteiger partial charge in [-0.3, -0.25) is 4.79 Å². The largest absolute Gasteiger partial charge is 0.480 e. The predicted molar refractivity (Wildman–Crippen MR) is 82.1 cm³/mol. The fraction of sp³-hybridized carbons (Fsp3) is 0.188. The lowest BCUT2D eigenvalue weighted by atomic mass is 10.1. The highest BCUT2D eigenvalue weighted by molar-refractivity contribution is 5.98. The second kappa shape index (κ2) is 5.96. The Hall–Kier alpha value is -3.09. The van der Waals surface area contributed by atoms with Crippen molar-refractivity contribution in [3.63, 3.8) is 0 Å². The summed E-state index contributed by atoms with van der Waals surface area (Å²) in [5.74, 6) is -1.60. The Morgan fingerprint density at radius 1 is 1.43 bits per heavy atom. The van der Waals surface area contributed by atoms with E-state index in [0.717, 1.165) is 10.9 Å². The van der Waals surface area contributed by atoms with Gasteiger partial charge in [-0.1, -0.05) is 18.2 Å². The Balaban J connectivity index is 1.80. The van der Waals surface area contributed by atoms with E-state index in [1.54, 1.807) is 6.07 Å². The molecule has 7 heteroatoms. The summed E-state index contributed by atoms with van der Waals surface area (Å²) in [5.41, 5.74) is 2.16. The highest BCUT2D eigenvalue weighted by Crippen LogP contribution is 2.22. The molecule has 0 radical (unpaired) electrons. The normalized spacial score (nSPS) is 12.2. The SMILES string of the molecule is Cc1cccc2cc(C(=O)N[C@@H](Cc3cnc[nH]3)C(=O)O)oc12. The van der Waals surface area contributed by atoms with E-state index in [1.165, 1.54) is 12.5 Å². The first kappa shape index (κ1) is 14.8. The quantitative estimate of drug-likeness (QED) is 0.666. The number of H-pyrrole nitrogens is 1. The monoisotopic (exact) mass is 313 g/mol. The van der Waals surface area contributed by atoms with E-state index in [0.29, 0.717) is 11.3 Å². The summed E-state index contributed by atoms with van der Waals surface area (Å²) in [4.78, 5) is 30.3. The molecule has 0 spiro atoms. The van der Waals surface area contributed by atoms with Crippen molar-refractivity contribution in [3.05, 3.63) is 53.8 Å². The second-order valence-corrected chi connectivity index (χ2v) is 5.25. The Kier molecular flexibility index (Phi) is 3.84. The third-order valence-electron chi connectivity index (χ3n) is 3.55. The number of carbonyl (C=O) groups is 2. The van der Waals surface area contributed by atoms with Crippen LogP contribution in [0.15, 0.2) is 41.2 Å². The van der Waals surface area contributed by atoms with Crippen molar-refractivity contribution >= 4 is 22.8 Å². The Labute approximate surface area is 131 Å². The van der Waals surface area contributed by atoms with Crippen molar-refractivity contribution in [2.24, 2.45) is 0 Å². The molecule has 118 valence electrons. The molecule has 2 heterocycles. The van der Waals surface area contributed by atoms with Crippen LogP contribution in [0.25, 0.3) is 11.0 Å². The lowest BCUT2D eigenvalue weighted by Crippen LogP contribution is -2.42. The number of benzene rings is 1. The number of fused-ring (bicyclic) bond motifs is 1. The number of aromatic amines is 1. The highest BCUT2D eigenvalue weighted by Gasteiger charge is 2.23. The van der Waals surface area contributed by atoms with Gasteiger partial charge < -0.3 is 19.8 Å². The van der Waals surface area contributed by atoms with Crippen LogP contribution in [0, 0.1) is 6.92 Å². The van der Waals surface area contributed by atoms with Gasteiger partial charge in [-0.2, -0.15) is 0 Å².